The Labute approximate surface area is 112 Å². The number of carbonyl (C=O) groups is 1. The summed E-state index contributed by atoms with van der Waals surface area (Å²) in [6.45, 7) is 1.32. The van der Waals surface area contributed by atoms with E-state index in [4.69, 9.17) is 10.2 Å². The summed E-state index contributed by atoms with van der Waals surface area (Å²) >= 11 is 0. The zero-order valence-corrected chi connectivity index (χ0v) is 11.6. The highest BCUT2D eigenvalue weighted by Crippen LogP contribution is 2.13. The molecule has 1 rings (SSSR count). The van der Waals surface area contributed by atoms with Crippen LogP contribution in [0.3, 0.4) is 0 Å². The summed E-state index contributed by atoms with van der Waals surface area (Å²) in [5.74, 6) is -1.40. The largest absolute Gasteiger partial charge is 0.478 e. The molecule has 106 valence electrons. The van der Waals surface area contributed by atoms with Gasteiger partial charge in [-0.3, -0.25) is 0 Å². The van der Waals surface area contributed by atoms with Crippen molar-refractivity contribution >= 4 is 16.0 Å². The minimum Gasteiger partial charge on any atom is -0.478 e. The van der Waals surface area contributed by atoms with Gasteiger partial charge in [0.15, 0.2) is 0 Å². The molecule has 0 aliphatic heterocycles. The predicted molar refractivity (Wildman–Crippen MR) is 70.3 cm³/mol. The molecule has 0 saturated carbocycles. The fourth-order valence-electron chi connectivity index (χ4n) is 1.50. The molecule has 19 heavy (non-hydrogen) atoms. The van der Waals surface area contributed by atoms with Crippen molar-refractivity contribution in [3.05, 3.63) is 35.4 Å². The van der Waals surface area contributed by atoms with E-state index >= 15 is 0 Å². The maximum atomic E-state index is 12.0. The molecule has 1 unspecified atom stereocenters. The van der Waals surface area contributed by atoms with Gasteiger partial charge in [-0.2, -0.15) is 4.31 Å². The Kier molecular flexibility index (Phi) is 5.04. The molecule has 1 atom stereocenters. The van der Waals surface area contributed by atoms with Crippen molar-refractivity contribution in [1.29, 1.82) is 0 Å². The van der Waals surface area contributed by atoms with Crippen LogP contribution in [0, 0.1) is 0 Å². The topological polar surface area (TPSA) is 94.9 Å². The summed E-state index contributed by atoms with van der Waals surface area (Å²) in [5.41, 5.74) is 0.447. The van der Waals surface area contributed by atoms with E-state index in [2.05, 4.69) is 0 Å². The minimum absolute atomic E-state index is 0.0468. The first-order valence-corrected chi connectivity index (χ1v) is 7.27. The molecule has 0 amide bonds. The Morgan fingerprint density at radius 1 is 1.42 bits per heavy atom. The Morgan fingerprint density at radius 3 is 2.58 bits per heavy atom. The first-order valence-electron chi connectivity index (χ1n) is 5.66. The number of nitrogens with zero attached hydrogens (tertiary/aromatic N) is 1. The van der Waals surface area contributed by atoms with Crippen LogP contribution in [-0.4, -0.2) is 48.6 Å². The predicted octanol–water partition coefficient (Wildman–Crippen LogP) is 0.527. The molecule has 0 heterocycles. The maximum Gasteiger partial charge on any atom is 0.335 e. The summed E-state index contributed by atoms with van der Waals surface area (Å²) < 4.78 is 25.2. The quantitative estimate of drug-likeness (QED) is 0.795. The molecule has 0 fully saturated rings. The second-order valence-electron chi connectivity index (χ2n) is 4.31. The molecule has 0 spiro atoms. The van der Waals surface area contributed by atoms with Crippen LogP contribution in [0.4, 0.5) is 0 Å². The second-order valence-corrected chi connectivity index (χ2v) is 6.34. The highest BCUT2D eigenvalue weighted by molar-refractivity contribution is 7.88. The van der Waals surface area contributed by atoms with Gasteiger partial charge in [0.25, 0.3) is 0 Å². The molecule has 0 aromatic heterocycles. The van der Waals surface area contributed by atoms with Crippen LogP contribution in [0.2, 0.25) is 0 Å². The molecule has 0 bridgehead atoms. The van der Waals surface area contributed by atoms with E-state index in [1.807, 2.05) is 0 Å². The lowest BCUT2D eigenvalue weighted by Gasteiger charge is -2.22. The standard InChI is InChI=1S/C12H17NO5S/c1-9(7-14)13(2)19(17,18)8-10-4-3-5-11(6-10)12(15)16/h3-6,9,14H,7-8H2,1-2H3,(H,15,16). The number of sulfonamides is 1. The summed E-state index contributed by atoms with van der Waals surface area (Å²) in [6.07, 6.45) is 0. The molecule has 7 heteroatoms. The first-order chi connectivity index (χ1) is 8.77. The number of carboxylic acid groups (broad SMARTS) is 1. The number of rotatable bonds is 6. The lowest BCUT2D eigenvalue weighted by Crippen LogP contribution is -2.38. The highest BCUT2D eigenvalue weighted by Gasteiger charge is 2.23. The molecular formula is C12H17NO5S. The zero-order chi connectivity index (χ0) is 14.6. The summed E-state index contributed by atoms with van der Waals surface area (Å²) in [5, 5.41) is 17.8. The first kappa shape index (κ1) is 15.6. The van der Waals surface area contributed by atoms with Gasteiger partial charge in [0.2, 0.25) is 10.0 Å². The second kappa shape index (κ2) is 6.14. The van der Waals surface area contributed by atoms with Crippen molar-refractivity contribution in [2.75, 3.05) is 13.7 Å². The van der Waals surface area contributed by atoms with Crippen molar-refractivity contribution in [2.45, 2.75) is 18.7 Å². The van der Waals surface area contributed by atoms with Crippen LogP contribution in [0.15, 0.2) is 24.3 Å². The van der Waals surface area contributed by atoms with Gasteiger partial charge in [-0.25, -0.2) is 13.2 Å². The Bertz CT molecular complexity index is 555. The van der Waals surface area contributed by atoms with Crippen LogP contribution in [-0.2, 0) is 15.8 Å². The molecule has 2 N–H and O–H groups in total. The number of carboxylic acids is 1. The van der Waals surface area contributed by atoms with Crippen molar-refractivity contribution in [3.63, 3.8) is 0 Å². The van der Waals surface area contributed by atoms with Gasteiger partial charge in [-0.1, -0.05) is 12.1 Å². The van der Waals surface area contributed by atoms with Crippen molar-refractivity contribution in [2.24, 2.45) is 0 Å². The zero-order valence-electron chi connectivity index (χ0n) is 10.8. The Hall–Kier alpha value is -1.44. The lowest BCUT2D eigenvalue weighted by molar-refractivity contribution is 0.0696. The van der Waals surface area contributed by atoms with Gasteiger partial charge in [-0.15, -0.1) is 0 Å². The van der Waals surface area contributed by atoms with Gasteiger partial charge >= 0.3 is 5.97 Å². The normalized spacial score (nSPS) is 13.5. The Balaban J connectivity index is 2.95. The van der Waals surface area contributed by atoms with Crippen molar-refractivity contribution in [3.8, 4) is 0 Å². The third-order valence-corrected chi connectivity index (χ3v) is 4.78. The average Bonchev–Trinajstić information content (AvgIpc) is 2.36. The summed E-state index contributed by atoms with van der Waals surface area (Å²) in [7, 11) is -2.20. The number of aromatic carboxylic acids is 1. The molecule has 1 aromatic rings. The average molecular weight is 287 g/mol. The van der Waals surface area contributed by atoms with Gasteiger partial charge in [0.05, 0.1) is 17.9 Å². The third-order valence-electron chi connectivity index (χ3n) is 2.85. The van der Waals surface area contributed by atoms with Gasteiger partial charge in [0.1, 0.15) is 0 Å². The third kappa shape index (κ3) is 4.02. The summed E-state index contributed by atoms with van der Waals surface area (Å²) in [6, 6.07) is 5.27. The number of likely N-dealkylation sites (N-methyl/N-ethyl adjacent to an activating group) is 1. The fourth-order valence-corrected chi connectivity index (χ4v) is 2.92. The van der Waals surface area contributed by atoms with Crippen LogP contribution >= 0.6 is 0 Å². The number of aliphatic hydroxyl groups is 1. The molecular weight excluding hydrogens is 270 g/mol. The van der Waals surface area contributed by atoms with Crippen LogP contribution in [0.5, 0.6) is 0 Å². The monoisotopic (exact) mass is 287 g/mol. The maximum absolute atomic E-state index is 12.0. The number of hydrogen-bond donors (Lipinski definition) is 2. The molecule has 0 saturated heterocycles. The SMILES string of the molecule is CC(CO)N(C)S(=O)(=O)Cc1cccc(C(=O)O)c1. The molecule has 0 aliphatic carbocycles. The molecule has 0 aliphatic rings. The van der Waals surface area contributed by atoms with E-state index in [9.17, 15) is 13.2 Å². The van der Waals surface area contributed by atoms with Crippen molar-refractivity contribution in [1.82, 2.24) is 4.31 Å². The Morgan fingerprint density at radius 2 is 2.05 bits per heavy atom. The number of hydrogen-bond acceptors (Lipinski definition) is 4. The smallest absolute Gasteiger partial charge is 0.335 e. The van der Waals surface area contributed by atoms with Gasteiger partial charge < -0.3 is 10.2 Å². The van der Waals surface area contributed by atoms with Crippen LogP contribution in [0.25, 0.3) is 0 Å². The number of benzene rings is 1. The van der Waals surface area contributed by atoms with E-state index in [0.717, 1.165) is 4.31 Å². The highest BCUT2D eigenvalue weighted by atomic mass is 32.2. The van der Waals surface area contributed by atoms with Crippen molar-refractivity contribution < 1.29 is 23.4 Å². The molecule has 0 radical (unpaired) electrons. The van der Waals surface area contributed by atoms with Crippen LogP contribution in [0.1, 0.15) is 22.8 Å². The molecule has 6 nitrogen and oxygen atoms in total. The fraction of sp³-hybridized carbons (Fsp3) is 0.417. The van der Waals surface area contributed by atoms with E-state index in [1.165, 1.54) is 25.2 Å². The van der Waals surface area contributed by atoms with Gasteiger partial charge in [-0.05, 0) is 24.6 Å². The minimum atomic E-state index is -3.59. The summed E-state index contributed by atoms with van der Waals surface area (Å²) in [4.78, 5) is 10.8. The van der Waals surface area contributed by atoms with E-state index in [-0.39, 0.29) is 17.9 Å². The van der Waals surface area contributed by atoms with E-state index in [1.54, 1.807) is 13.0 Å². The van der Waals surface area contributed by atoms with E-state index < -0.39 is 22.0 Å². The number of aliphatic hydroxyl groups excluding tert-OH is 1. The van der Waals surface area contributed by atoms with E-state index in [0.29, 0.717) is 5.56 Å². The lowest BCUT2D eigenvalue weighted by atomic mass is 10.1. The van der Waals surface area contributed by atoms with Gasteiger partial charge in [0, 0.05) is 13.1 Å². The van der Waals surface area contributed by atoms with Crippen LogP contribution < -0.4 is 0 Å². The molecule has 1 aromatic carbocycles.